The summed E-state index contributed by atoms with van der Waals surface area (Å²) in [5, 5.41) is 9.28. The third-order valence-electron chi connectivity index (χ3n) is 1.50. The second kappa shape index (κ2) is 5.85. The maximum absolute atomic E-state index is 10.6. The summed E-state index contributed by atoms with van der Waals surface area (Å²) in [5.74, 6) is -0.234. The van der Waals surface area contributed by atoms with Crippen LogP contribution in [0.5, 0.6) is 0 Å². The van der Waals surface area contributed by atoms with E-state index in [1.54, 1.807) is 13.0 Å². The summed E-state index contributed by atoms with van der Waals surface area (Å²) in [4.78, 5) is 10.6. The van der Waals surface area contributed by atoms with Crippen LogP contribution in [0, 0.1) is 0 Å². The highest BCUT2D eigenvalue weighted by Gasteiger charge is 2.02. The van der Waals surface area contributed by atoms with Crippen molar-refractivity contribution in [3.05, 3.63) is 35.8 Å². The molecule has 0 saturated heterocycles. The van der Waals surface area contributed by atoms with E-state index in [-0.39, 0.29) is 17.9 Å². The zero-order valence-corrected chi connectivity index (χ0v) is 8.41. The summed E-state index contributed by atoms with van der Waals surface area (Å²) < 4.78 is 4.89. The van der Waals surface area contributed by atoms with Crippen LogP contribution in [0.15, 0.2) is 35.8 Å². The highest BCUT2D eigenvalue weighted by Crippen LogP contribution is 2.10. The van der Waals surface area contributed by atoms with Crippen molar-refractivity contribution in [2.24, 2.45) is 5.73 Å². The predicted octanol–water partition coefficient (Wildman–Crippen LogP) is 1.41. The Bertz CT molecular complexity index is 290. The summed E-state index contributed by atoms with van der Waals surface area (Å²) in [6.45, 7) is 5.11. The molecule has 0 fully saturated rings. The monoisotopic (exact) mass is 197 g/mol. The fraction of sp³-hybridized carbons (Fsp3) is 0.300. The highest BCUT2D eigenvalue weighted by atomic mass is 16.5. The van der Waals surface area contributed by atoms with Crippen LogP contribution in [0.4, 0.5) is 0 Å². The molecule has 14 heavy (non-hydrogen) atoms. The molecule has 0 heterocycles. The lowest BCUT2D eigenvalue weighted by molar-refractivity contribution is -0.117. The molecule has 0 rings (SSSR count). The van der Waals surface area contributed by atoms with Crippen molar-refractivity contribution < 1.29 is 14.6 Å². The second-order valence-electron chi connectivity index (χ2n) is 2.79. The summed E-state index contributed by atoms with van der Waals surface area (Å²) in [6, 6.07) is 0. The number of amides is 1. The van der Waals surface area contributed by atoms with Gasteiger partial charge in [0.15, 0.2) is 11.5 Å². The van der Waals surface area contributed by atoms with Gasteiger partial charge in [-0.2, -0.15) is 0 Å². The minimum absolute atomic E-state index is 0.0729. The Hall–Kier alpha value is -1.71. The van der Waals surface area contributed by atoms with Gasteiger partial charge in [-0.1, -0.05) is 12.2 Å². The molecule has 0 aromatic rings. The van der Waals surface area contributed by atoms with E-state index in [2.05, 4.69) is 6.58 Å². The van der Waals surface area contributed by atoms with E-state index in [0.717, 1.165) is 0 Å². The molecule has 0 radical (unpaired) electrons. The first-order chi connectivity index (χ1) is 6.51. The number of nitrogens with two attached hydrogens (primary N) is 1. The number of allylic oxidation sites excluding steroid dienone is 2. The Morgan fingerprint density at radius 1 is 1.64 bits per heavy atom. The van der Waals surface area contributed by atoms with Crippen molar-refractivity contribution >= 4 is 5.91 Å². The zero-order valence-electron chi connectivity index (χ0n) is 8.41. The molecule has 3 N–H and O–H groups in total. The normalized spacial score (nSPS) is 13.1. The fourth-order valence-corrected chi connectivity index (χ4v) is 0.888. The van der Waals surface area contributed by atoms with Crippen molar-refractivity contribution in [1.29, 1.82) is 0 Å². The molecular formula is C10H15NO3. The van der Waals surface area contributed by atoms with Gasteiger partial charge in [-0.25, -0.2) is 0 Å². The van der Waals surface area contributed by atoms with Crippen LogP contribution < -0.4 is 5.73 Å². The van der Waals surface area contributed by atoms with Gasteiger partial charge >= 0.3 is 0 Å². The van der Waals surface area contributed by atoms with Crippen molar-refractivity contribution in [1.82, 2.24) is 0 Å². The fourth-order valence-electron chi connectivity index (χ4n) is 0.888. The van der Waals surface area contributed by atoms with Crippen LogP contribution >= 0.6 is 0 Å². The first-order valence-electron chi connectivity index (χ1n) is 4.06. The first-order valence-corrected chi connectivity index (χ1v) is 4.06. The van der Waals surface area contributed by atoms with Crippen molar-refractivity contribution in [2.45, 2.75) is 13.3 Å². The number of aliphatic hydroxyl groups is 1. The molecular weight excluding hydrogens is 182 g/mol. The lowest BCUT2D eigenvalue weighted by atomic mass is 10.2. The minimum Gasteiger partial charge on any atom is -0.504 e. The molecule has 1 amide bonds. The smallest absolute Gasteiger partial charge is 0.221 e. The van der Waals surface area contributed by atoms with Gasteiger partial charge in [-0.3, -0.25) is 4.79 Å². The molecule has 0 aromatic carbocycles. The van der Waals surface area contributed by atoms with Gasteiger partial charge < -0.3 is 15.6 Å². The first kappa shape index (κ1) is 12.3. The van der Waals surface area contributed by atoms with Crippen molar-refractivity contribution in [2.75, 3.05) is 7.11 Å². The standard InChI is InChI=1S/C10H15NO3/c1-4-8(12)9(14-3)5-7(2)6-10(11)13/h4-5,12H,1,6H2,2-3H3,(H2,11,13)/b7-5+,9-8-. The molecule has 0 aliphatic rings. The van der Waals surface area contributed by atoms with Gasteiger partial charge in [0.25, 0.3) is 0 Å². The SMILES string of the molecule is C=C/C(O)=C(\C=C(/C)CC(N)=O)OC. The van der Waals surface area contributed by atoms with Gasteiger partial charge in [-0.05, 0) is 19.1 Å². The summed E-state index contributed by atoms with van der Waals surface area (Å²) in [5.41, 5.74) is 5.71. The second-order valence-corrected chi connectivity index (χ2v) is 2.79. The molecule has 0 aromatic heterocycles. The van der Waals surface area contributed by atoms with Crippen LogP contribution in [0.1, 0.15) is 13.3 Å². The molecule has 0 unspecified atom stereocenters. The lowest BCUT2D eigenvalue weighted by Crippen LogP contribution is -2.10. The van der Waals surface area contributed by atoms with E-state index < -0.39 is 5.91 Å². The number of carbonyl (C=O) groups is 1. The van der Waals surface area contributed by atoms with Crippen LogP contribution in [0.3, 0.4) is 0 Å². The molecule has 0 aliphatic heterocycles. The minimum atomic E-state index is -0.424. The maximum Gasteiger partial charge on any atom is 0.221 e. The average molecular weight is 197 g/mol. The van der Waals surface area contributed by atoms with E-state index >= 15 is 0 Å². The average Bonchev–Trinajstić information content (AvgIpc) is 2.11. The predicted molar refractivity (Wildman–Crippen MR) is 54.4 cm³/mol. The number of hydrogen-bond acceptors (Lipinski definition) is 3. The van der Waals surface area contributed by atoms with Crippen LogP contribution in [0.25, 0.3) is 0 Å². The number of carbonyl (C=O) groups excluding carboxylic acids is 1. The van der Waals surface area contributed by atoms with Crippen molar-refractivity contribution in [3.8, 4) is 0 Å². The maximum atomic E-state index is 10.6. The highest BCUT2D eigenvalue weighted by molar-refractivity contribution is 5.76. The molecule has 0 bridgehead atoms. The Morgan fingerprint density at radius 2 is 2.21 bits per heavy atom. The van der Waals surface area contributed by atoms with Gasteiger partial charge in [0.1, 0.15) is 0 Å². The van der Waals surface area contributed by atoms with Crippen LogP contribution in [0.2, 0.25) is 0 Å². The summed E-state index contributed by atoms with van der Waals surface area (Å²) in [7, 11) is 1.42. The Morgan fingerprint density at radius 3 is 2.57 bits per heavy atom. The summed E-state index contributed by atoms with van der Waals surface area (Å²) in [6.07, 6.45) is 2.94. The van der Waals surface area contributed by atoms with E-state index in [0.29, 0.717) is 5.57 Å². The Balaban J connectivity index is 4.75. The number of primary amides is 1. The number of aliphatic hydroxyl groups excluding tert-OH is 1. The Kier molecular flexibility index (Phi) is 5.14. The van der Waals surface area contributed by atoms with E-state index in [1.807, 2.05) is 0 Å². The number of ether oxygens (including phenoxy) is 1. The number of methoxy groups -OCH3 is 1. The van der Waals surface area contributed by atoms with Gasteiger partial charge in [0, 0.05) is 6.42 Å². The summed E-state index contributed by atoms with van der Waals surface area (Å²) >= 11 is 0. The molecule has 0 saturated carbocycles. The van der Waals surface area contributed by atoms with Crippen molar-refractivity contribution in [3.63, 3.8) is 0 Å². The number of rotatable bonds is 5. The van der Waals surface area contributed by atoms with Crippen LogP contribution in [-0.4, -0.2) is 18.1 Å². The van der Waals surface area contributed by atoms with E-state index in [4.69, 9.17) is 10.5 Å². The molecule has 78 valence electrons. The largest absolute Gasteiger partial charge is 0.504 e. The topological polar surface area (TPSA) is 72.5 Å². The molecule has 0 atom stereocenters. The van der Waals surface area contributed by atoms with Gasteiger partial charge in [0.2, 0.25) is 5.91 Å². The van der Waals surface area contributed by atoms with Gasteiger partial charge in [-0.15, -0.1) is 0 Å². The molecule has 0 aliphatic carbocycles. The quantitative estimate of drug-likeness (QED) is 0.517. The zero-order chi connectivity index (χ0) is 11.1. The molecule has 4 heteroatoms. The van der Waals surface area contributed by atoms with Crippen LogP contribution in [-0.2, 0) is 9.53 Å². The molecule has 0 spiro atoms. The van der Waals surface area contributed by atoms with E-state index in [9.17, 15) is 9.90 Å². The Labute approximate surface area is 83.4 Å². The third-order valence-corrected chi connectivity index (χ3v) is 1.50. The van der Waals surface area contributed by atoms with Gasteiger partial charge in [0.05, 0.1) is 7.11 Å². The van der Waals surface area contributed by atoms with E-state index in [1.165, 1.54) is 13.2 Å². The third kappa shape index (κ3) is 4.35. The lowest BCUT2D eigenvalue weighted by Gasteiger charge is -2.03. The molecule has 4 nitrogen and oxygen atoms in total. The number of hydrogen-bond donors (Lipinski definition) is 2.